The highest BCUT2D eigenvalue weighted by molar-refractivity contribution is 7.92. The minimum atomic E-state index is -3.62. The molecule has 0 saturated carbocycles. The number of anilines is 1. The van der Waals surface area contributed by atoms with Crippen LogP contribution in [-0.2, 0) is 16.6 Å². The molecule has 0 aliphatic carbocycles. The van der Waals surface area contributed by atoms with Gasteiger partial charge in [0.25, 0.3) is 10.0 Å². The van der Waals surface area contributed by atoms with E-state index in [9.17, 15) is 8.42 Å². The molecule has 4 nitrogen and oxygen atoms in total. The molecule has 0 spiro atoms. The number of nitrogens with one attached hydrogen (secondary N) is 1. The Balaban J connectivity index is 1.67. The summed E-state index contributed by atoms with van der Waals surface area (Å²) in [5, 5.41) is 0.398. The Morgan fingerprint density at radius 3 is 2.38 bits per heavy atom. The second-order valence-corrected chi connectivity index (χ2v) is 8.22. The standard InChI is InChI=1S/C18H21ClN2O2S/c19-16-5-4-6-18(13-16)24(22,23)20-17-9-7-15(8-10-17)14-21-11-2-1-3-12-21/h4-10,13,20H,1-3,11-12,14H2. The van der Waals surface area contributed by atoms with E-state index in [2.05, 4.69) is 9.62 Å². The van der Waals surface area contributed by atoms with Gasteiger partial charge in [0.2, 0.25) is 0 Å². The van der Waals surface area contributed by atoms with Crippen molar-refractivity contribution in [2.24, 2.45) is 0 Å². The lowest BCUT2D eigenvalue weighted by Crippen LogP contribution is -2.29. The van der Waals surface area contributed by atoms with E-state index >= 15 is 0 Å². The van der Waals surface area contributed by atoms with Crippen molar-refractivity contribution in [3.05, 3.63) is 59.1 Å². The molecule has 0 unspecified atom stereocenters. The average Bonchev–Trinajstić information content (AvgIpc) is 2.57. The van der Waals surface area contributed by atoms with Gasteiger partial charge in [0.05, 0.1) is 4.90 Å². The summed E-state index contributed by atoms with van der Waals surface area (Å²) in [6, 6.07) is 13.8. The third kappa shape index (κ3) is 4.50. The van der Waals surface area contributed by atoms with Crippen molar-refractivity contribution in [3.63, 3.8) is 0 Å². The maximum atomic E-state index is 12.4. The normalized spacial score (nSPS) is 16.0. The number of likely N-dealkylation sites (tertiary alicyclic amines) is 1. The van der Waals surface area contributed by atoms with E-state index in [0.717, 1.165) is 19.6 Å². The average molecular weight is 365 g/mol. The Hall–Kier alpha value is -1.56. The molecular formula is C18H21ClN2O2S. The van der Waals surface area contributed by atoms with E-state index in [1.54, 1.807) is 24.3 Å². The van der Waals surface area contributed by atoms with Crippen molar-refractivity contribution in [2.75, 3.05) is 17.8 Å². The molecule has 0 bridgehead atoms. The fraction of sp³-hybridized carbons (Fsp3) is 0.333. The molecule has 1 fully saturated rings. The summed E-state index contributed by atoms with van der Waals surface area (Å²) in [7, 11) is -3.62. The van der Waals surface area contributed by atoms with Crippen LogP contribution in [0.15, 0.2) is 53.4 Å². The largest absolute Gasteiger partial charge is 0.299 e. The minimum absolute atomic E-state index is 0.160. The van der Waals surface area contributed by atoms with Gasteiger partial charge in [-0.2, -0.15) is 0 Å². The summed E-state index contributed by atoms with van der Waals surface area (Å²) < 4.78 is 27.3. The van der Waals surface area contributed by atoms with Crippen LogP contribution >= 0.6 is 11.6 Å². The van der Waals surface area contributed by atoms with Gasteiger partial charge in [-0.25, -0.2) is 8.42 Å². The summed E-state index contributed by atoms with van der Waals surface area (Å²) in [6.07, 6.45) is 3.84. The maximum absolute atomic E-state index is 12.4. The molecule has 0 atom stereocenters. The highest BCUT2D eigenvalue weighted by atomic mass is 35.5. The first kappa shape index (κ1) is 17.3. The van der Waals surface area contributed by atoms with E-state index in [1.807, 2.05) is 12.1 Å². The zero-order chi connectivity index (χ0) is 17.0. The Kier molecular flexibility index (Phi) is 5.43. The first-order valence-electron chi connectivity index (χ1n) is 8.13. The molecule has 1 aliphatic heterocycles. The fourth-order valence-electron chi connectivity index (χ4n) is 2.90. The molecule has 1 heterocycles. The lowest BCUT2D eigenvalue weighted by molar-refractivity contribution is 0.221. The van der Waals surface area contributed by atoms with Crippen molar-refractivity contribution < 1.29 is 8.42 Å². The predicted octanol–water partition coefficient (Wildman–Crippen LogP) is 4.13. The molecule has 128 valence electrons. The molecule has 6 heteroatoms. The summed E-state index contributed by atoms with van der Waals surface area (Å²) >= 11 is 5.87. The van der Waals surface area contributed by atoms with Crippen LogP contribution in [0.4, 0.5) is 5.69 Å². The smallest absolute Gasteiger partial charge is 0.261 e. The van der Waals surface area contributed by atoms with Gasteiger partial charge in [0, 0.05) is 17.3 Å². The monoisotopic (exact) mass is 364 g/mol. The zero-order valence-electron chi connectivity index (χ0n) is 13.4. The van der Waals surface area contributed by atoms with E-state index < -0.39 is 10.0 Å². The molecule has 24 heavy (non-hydrogen) atoms. The van der Waals surface area contributed by atoms with Crippen LogP contribution < -0.4 is 4.72 Å². The van der Waals surface area contributed by atoms with Crippen LogP contribution in [0.5, 0.6) is 0 Å². The van der Waals surface area contributed by atoms with E-state index in [1.165, 1.54) is 37.0 Å². The van der Waals surface area contributed by atoms with E-state index in [-0.39, 0.29) is 4.90 Å². The number of sulfonamides is 1. The second-order valence-electron chi connectivity index (χ2n) is 6.10. The van der Waals surface area contributed by atoms with Crippen LogP contribution in [0.1, 0.15) is 24.8 Å². The molecule has 1 aliphatic rings. The number of hydrogen-bond acceptors (Lipinski definition) is 3. The van der Waals surface area contributed by atoms with Gasteiger partial charge < -0.3 is 0 Å². The topological polar surface area (TPSA) is 49.4 Å². The maximum Gasteiger partial charge on any atom is 0.261 e. The number of piperidine rings is 1. The number of halogens is 1. The molecule has 0 aromatic heterocycles. The molecule has 0 radical (unpaired) electrons. The number of nitrogens with zero attached hydrogens (tertiary/aromatic N) is 1. The molecule has 3 rings (SSSR count). The first-order valence-corrected chi connectivity index (χ1v) is 9.99. The van der Waals surface area contributed by atoms with Gasteiger partial charge in [0.1, 0.15) is 0 Å². The molecule has 1 saturated heterocycles. The summed E-state index contributed by atoms with van der Waals surface area (Å²) in [6.45, 7) is 3.20. The highest BCUT2D eigenvalue weighted by Gasteiger charge is 2.15. The second kappa shape index (κ2) is 7.55. The Bertz CT molecular complexity index is 785. The Labute approximate surface area is 148 Å². The van der Waals surface area contributed by atoms with Crippen LogP contribution in [-0.4, -0.2) is 26.4 Å². The van der Waals surface area contributed by atoms with Crippen molar-refractivity contribution in [1.82, 2.24) is 4.90 Å². The quantitative estimate of drug-likeness (QED) is 0.867. The van der Waals surface area contributed by atoms with Gasteiger partial charge in [-0.1, -0.05) is 36.2 Å². The van der Waals surface area contributed by atoms with Crippen molar-refractivity contribution in [3.8, 4) is 0 Å². The van der Waals surface area contributed by atoms with Crippen LogP contribution in [0.3, 0.4) is 0 Å². The number of benzene rings is 2. The Morgan fingerprint density at radius 1 is 1.00 bits per heavy atom. The predicted molar refractivity (Wildman–Crippen MR) is 97.8 cm³/mol. The summed E-state index contributed by atoms with van der Waals surface area (Å²) in [4.78, 5) is 2.60. The number of rotatable bonds is 5. The zero-order valence-corrected chi connectivity index (χ0v) is 15.0. The van der Waals surface area contributed by atoms with Crippen LogP contribution in [0.2, 0.25) is 5.02 Å². The molecule has 1 N–H and O–H groups in total. The molecule has 2 aromatic carbocycles. The third-order valence-corrected chi connectivity index (χ3v) is 5.78. The van der Waals surface area contributed by atoms with Crippen LogP contribution in [0, 0.1) is 0 Å². The lowest BCUT2D eigenvalue weighted by Gasteiger charge is -2.26. The van der Waals surface area contributed by atoms with E-state index in [0.29, 0.717) is 10.7 Å². The summed E-state index contributed by atoms with van der Waals surface area (Å²) in [5.41, 5.74) is 1.75. The van der Waals surface area contributed by atoms with Gasteiger partial charge in [-0.3, -0.25) is 9.62 Å². The minimum Gasteiger partial charge on any atom is -0.299 e. The SMILES string of the molecule is O=S(=O)(Nc1ccc(CN2CCCCC2)cc1)c1cccc(Cl)c1. The van der Waals surface area contributed by atoms with Crippen molar-refractivity contribution >= 4 is 27.3 Å². The van der Waals surface area contributed by atoms with Crippen molar-refractivity contribution in [2.45, 2.75) is 30.7 Å². The third-order valence-electron chi connectivity index (χ3n) is 4.17. The molecule has 0 amide bonds. The first-order chi connectivity index (χ1) is 11.5. The van der Waals surface area contributed by atoms with Gasteiger partial charge in [-0.15, -0.1) is 0 Å². The van der Waals surface area contributed by atoms with Crippen molar-refractivity contribution in [1.29, 1.82) is 0 Å². The lowest BCUT2D eigenvalue weighted by atomic mass is 10.1. The van der Waals surface area contributed by atoms with Crippen LogP contribution in [0.25, 0.3) is 0 Å². The molecule has 2 aromatic rings. The van der Waals surface area contributed by atoms with Gasteiger partial charge in [0.15, 0.2) is 0 Å². The summed E-state index contributed by atoms with van der Waals surface area (Å²) in [5.74, 6) is 0. The van der Waals surface area contributed by atoms with Gasteiger partial charge >= 0.3 is 0 Å². The molecular weight excluding hydrogens is 344 g/mol. The van der Waals surface area contributed by atoms with E-state index in [4.69, 9.17) is 11.6 Å². The fourth-order valence-corrected chi connectivity index (χ4v) is 4.26. The van der Waals surface area contributed by atoms with Gasteiger partial charge in [-0.05, 0) is 61.8 Å². The highest BCUT2D eigenvalue weighted by Crippen LogP contribution is 2.20. The Morgan fingerprint density at radius 2 is 1.71 bits per heavy atom. The number of hydrogen-bond donors (Lipinski definition) is 1.